The van der Waals surface area contributed by atoms with E-state index in [0.717, 1.165) is 24.9 Å². The average Bonchev–Trinajstić information content (AvgIpc) is 2.57. The molecule has 0 aliphatic heterocycles. The third-order valence-corrected chi connectivity index (χ3v) is 36.6. The summed E-state index contributed by atoms with van der Waals surface area (Å²) in [4.78, 5) is 0. The molecule has 0 radical (unpaired) electrons. The molecule has 0 amide bonds. The molecule has 0 aromatic rings. The summed E-state index contributed by atoms with van der Waals surface area (Å²) in [7, 11) is -18.8. The van der Waals surface area contributed by atoms with E-state index in [0.29, 0.717) is 13.1 Å². The molecule has 0 atom stereocenters. The first-order valence-corrected chi connectivity index (χ1v) is 37.5. The second kappa shape index (κ2) is 14.9. The molecule has 0 rings (SSSR count). The Labute approximate surface area is 250 Å². The van der Waals surface area contributed by atoms with Gasteiger partial charge in [-0.15, -0.1) is 0 Å². The summed E-state index contributed by atoms with van der Waals surface area (Å²) in [6.07, 6.45) is 1.97. The Balaban J connectivity index is 5.31. The van der Waals surface area contributed by atoms with Crippen LogP contribution in [0, 0.1) is 0 Å². The smallest absolute Gasteiger partial charge is 0.314 e. The lowest BCUT2D eigenvalue weighted by atomic mass is 10.5. The van der Waals surface area contributed by atoms with Crippen LogP contribution in [-0.4, -0.2) is 81.1 Å². The molecule has 4 N–H and O–H groups in total. The third-order valence-electron chi connectivity index (χ3n) is 5.47. The minimum Gasteiger partial charge on any atom is -0.436 e. The molecule has 0 unspecified atom stereocenters. The first-order valence-electron chi connectivity index (χ1n) is 14.4. The number of hydrogen-bond donors (Lipinski definition) is 2. The Morgan fingerprint density at radius 2 is 0.513 bits per heavy atom. The van der Waals surface area contributed by atoms with E-state index < -0.39 is 68.0 Å². The topological polar surface area (TPSA) is 117 Å². The lowest BCUT2D eigenvalue weighted by molar-refractivity contribution is 0.264. The molecule has 39 heavy (non-hydrogen) atoms. The van der Waals surface area contributed by atoms with E-state index in [1.807, 2.05) is 0 Å². The molecule has 0 fully saturated rings. The maximum atomic E-state index is 6.72. The lowest BCUT2D eigenvalue weighted by Gasteiger charge is -2.44. The number of hydrogen-bond acceptors (Lipinski definition) is 9. The molecular weight excluding hydrogens is 629 g/mol. The van der Waals surface area contributed by atoms with Gasteiger partial charge in [0.1, 0.15) is 0 Å². The van der Waals surface area contributed by atoms with Gasteiger partial charge in [0.05, 0.1) is 0 Å². The molecule has 9 nitrogen and oxygen atoms in total. The predicted octanol–water partition coefficient (Wildman–Crippen LogP) is 6.42. The Morgan fingerprint density at radius 3 is 0.692 bits per heavy atom. The second-order valence-electron chi connectivity index (χ2n) is 14.4. The van der Waals surface area contributed by atoms with Crippen LogP contribution in [0.4, 0.5) is 0 Å². The minimum atomic E-state index is -2.59. The predicted molar refractivity (Wildman–Crippen MR) is 184 cm³/mol. The monoisotopic (exact) mass is 692 g/mol. The van der Waals surface area contributed by atoms with Crippen LogP contribution in [0.5, 0.6) is 0 Å². The minimum absolute atomic E-state index is 0.691. The van der Waals surface area contributed by atoms with Gasteiger partial charge in [-0.3, -0.25) is 0 Å². The van der Waals surface area contributed by atoms with E-state index in [1.54, 1.807) is 0 Å². The van der Waals surface area contributed by atoms with Crippen LogP contribution in [0.25, 0.3) is 0 Å². The van der Waals surface area contributed by atoms with Crippen molar-refractivity contribution >= 4 is 68.0 Å². The Bertz CT molecular complexity index is 694. The van der Waals surface area contributed by atoms with Gasteiger partial charge in [0.15, 0.2) is 16.6 Å². The fraction of sp³-hybridized carbons (Fsp3) is 1.00. The van der Waals surface area contributed by atoms with Crippen LogP contribution in [-0.2, 0) is 28.8 Å². The van der Waals surface area contributed by atoms with Crippen molar-refractivity contribution in [3.8, 4) is 0 Å². The highest BCUT2D eigenvalue weighted by atomic mass is 28.5. The van der Waals surface area contributed by atoms with E-state index >= 15 is 0 Å². The van der Waals surface area contributed by atoms with Crippen molar-refractivity contribution in [2.24, 2.45) is 11.5 Å². The Kier molecular flexibility index (Phi) is 15.4. The zero-order valence-corrected chi connectivity index (χ0v) is 36.3. The van der Waals surface area contributed by atoms with Gasteiger partial charge in [0.25, 0.3) is 0 Å². The first kappa shape index (κ1) is 40.4. The number of nitrogens with two attached hydrogens (primary N) is 2. The SMILES string of the molecule is C[Si](C)(CCCN)O[Si](C)(C)O[Si](C)(C)O[Si](C)(C)O[Si](C)(C)O[Si](C)(C)O[Si](C)(C)O[Si](C)(C)CCCN. The molecule has 0 aliphatic rings. The molecular formula is C22H64N2O7Si8. The largest absolute Gasteiger partial charge is 0.436 e. The van der Waals surface area contributed by atoms with Gasteiger partial charge in [0.2, 0.25) is 0 Å². The fourth-order valence-corrected chi connectivity index (χ4v) is 46.1. The summed E-state index contributed by atoms with van der Waals surface area (Å²) in [6, 6.07) is 2.07. The molecule has 236 valence electrons. The van der Waals surface area contributed by atoms with Crippen molar-refractivity contribution in [2.45, 2.75) is 130 Å². The summed E-state index contributed by atoms with van der Waals surface area (Å²) in [5, 5.41) is 0. The Morgan fingerprint density at radius 1 is 0.333 bits per heavy atom. The average molecular weight is 693 g/mol. The van der Waals surface area contributed by atoms with Crippen molar-refractivity contribution in [3.05, 3.63) is 0 Å². The molecule has 0 spiro atoms. The van der Waals surface area contributed by atoms with E-state index in [-0.39, 0.29) is 0 Å². The van der Waals surface area contributed by atoms with Crippen molar-refractivity contribution in [1.82, 2.24) is 0 Å². The van der Waals surface area contributed by atoms with Crippen molar-refractivity contribution in [3.63, 3.8) is 0 Å². The van der Waals surface area contributed by atoms with E-state index in [1.165, 1.54) is 0 Å². The lowest BCUT2D eigenvalue weighted by Crippen LogP contribution is -2.61. The molecule has 0 heterocycles. The summed E-state index contributed by atoms with van der Waals surface area (Å²) in [5.41, 5.74) is 11.5. The van der Waals surface area contributed by atoms with Crippen LogP contribution in [0.15, 0.2) is 0 Å². The fourth-order valence-electron chi connectivity index (χ4n) is 5.57. The number of rotatable bonds is 20. The zero-order chi connectivity index (χ0) is 31.2. The van der Waals surface area contributed by atoms with Gasteiger partial charge >= 0.3 is 51.4 Å². The highest BCUT2D eigenvalue weighted by molar-refractivity contribution is 6.92. The summed E-state index contributed by atoms with van der Waals surface area (Å²) >= 11 is 0. The Hall–Kier alpha value is 1.38. The van der Waals surface area contributed by atoms with Gasteiger partial charge in [-0.05, 0) is 143 Å². The van der Waals surface area contributed by atoms with Crippen molar-refractivity contribution in [1.29, 1.82) is 0 Å². The van der Waals surface area contributed by atoms with Crippen molar-refractivity contribution in [2.75, 3.05) is 13.1 Å². The van der Waals surface area contributed by atoms with Crippen LogP contribution in [0.3, 0.4) is 0 Å². The van der Waals surface area contributed by atoms with Gasteiger partial charge in [-0.25, -0.2) is 0 Å². The van der Waals surface area contributed by atoms with Crippen molar-refractivity contribution < 1.29 is 28.8 Å². The molecule has 0 aromatic heterocycles. The molecule has 0 aliphatic carbocycles. The second-order valence-corrected chi connectivity index (χ2v) is 45.0. The molecule has 0 saturated heterocycles. The van der Waals surface area contributed by atoms with E-state index in [4.69, 9.17) is 40.3 Å². The maximum Gasteiger partial charge on any atom is 0.314 e. The third kappa shape index (κ3) is 19.3. The van der Waals surface area contributed by atoms with Crippen LogP contribution in [0.1, 0.15) is 12.8 Å². The van der Waals surface area contributed by atoms with Gasteiger partial charge < -0.3 is 40.3 Å². The molecule has 17 heteroatoms. The molecule has 0 aromatic carbocycles. The van der Waals surface area contributed by atoms with Gasteiger partial charge in [-0.1, -0.05) is 0 Å². The first-order chi connectivity index (χ1) is 17.1. The zero-order valence-electron chi connectivity index (χ0n) is 28.3. The van der Waals surface area contributed by atoms with Crippen LogP contribution >= 0.6 is 0 Å². The standard InChI is InChI=1S/C22H64N2O7Si8/c1-32(2,21-17-19-23)25-34(5,6)27-36(9,10)29-38(13,14)31-39(15,16)30-37(11,12)28-35(7,8)26-33(3,4)22-18-20-24/h17-24H2,1-16H3. The maximum absolute atomic E-state index is 6.72. The van der Waals surface area contributed by atoms with Gasteiger partial charge in [0, 0.05) is 0 Å². The van der Waals surface area contributed by atoms with Gasteiger partial charge in [-0.2, -0.15) is 0 Å². The summed E-state index contributed by atoms with van der Waals surface area (Å²) < 4.78 is 46.7. The normalized spacial score (nSPS) is 15.2. The van der Waals surface area contributed by atoms with Crippen LogP contribution in [0.2, 0.25) is 117 Å². The molecule has 0 saturated carbocycles. The highest BCUT2D eigenvalue weighted by Gasteiger charge is 2.49. The molecule has 0 bridgehead atoms. The van der Waals surface area contributed by atoms with E-state index in [9.17, 15) is 0 Å². The van der Waals surface area contributed by atoms with Crippen LogP contribution < -0.4 is 11.5 Å². The summed E-state index contributed by atoms with van der Waals surface area (Å²) in [6.45, 7) is 35.6. The quantitative estimate of drug-likeness (QED) is 0.139. The summed E-state index contributed by atoms with van der Waals surface area (Å²) in [5.74, 6) is 0. The highest BCUT2D eigenvalue weighted by Crippen LogP contribution is 2.30. The van der Waals surface area contributed by atoms with E-state index in [2.05, 4.69) is 105 Å².